The lowest BCUT2D eigenvalue weighted by Gasteiger charge is -2.11. The number of carbonyl (C=O) groups excluding carboxylic acids is 1. The smallest absolute Gasteiger partial charge is 0.248 e. The first kappa shape index (κ1) is 19.0. The summed E-state index contributed by atoms with van der Waals surface area (Å²) in [5.41, 5.74) is 2.78. The summed E-state index contributed by atoms with van der Waals surface area (Å²) in [6, 6.07) is 9.18. The van der Waals surface area contributed by atoms with Crippen LogP contribution in [0.2, 0.25) is 0 Å². The number of nitrogens with zero attached hydrogens (tertiary/aromatic N) is 1. The van der Waals surface area contributed by atoms with Crippen molar-refractivity contribution in [2.75, 3.05) is 18.6 Å². The van der Waals surface area contributed by atoms with E-state index in [1.165, 1.54) is 17.4 Å². The molecule has 0 unspecified atom stereocenters. The predicted octanol–water partition coefficient (Wildman–Crippen LogP) is 2.94. The first-order chi connectivity index (χ1) is 11.7. The summed E-state index contributed by atoms with van der Waals surface area (Å²) in [5, 5.41) is 2.85. The second kappa shape index (κ2) is 7.67. The summed E-state index contributed by atoms with van der Waals surface area (Å²) in [4.78, 5) is 12.1. The lowest BCUT2D eigenvalue weighted by Crippen LogP contribution is -2.24. The molecule has 2 rings (SSSR count). The lowest BCUT2D eigenvalue weighted by atomic mass is 10.1. The monoisotopic (exact) mass is 362 g/mol. The maximum atomic E-state index is 12.1. The van der Waals surface area contributed by atoms with E-state index in [0.29, 0.717) is 11.5 Å². The van der Waals surface area contributed by atoms with Crippen LogP contribution in [0.15, 0.2) is 40.8 Å². The molecule has 0 aliphatic carbocycles. The minimum atomic E-state index is -3.27. The maximum Gasteiger partial charge on any atom is 0.248 e. The van der Waals surface area contributed by atoms with Gasteiger partial charge >= 0.3 is 0 Å². The molecule has 0 aliphatic heterocycles. The van der Waals surface area contributed by atoms with Gasteiger partial charge in [-0.05, 0) is 43.2 Å². The molecular weight excluding hydrogens is 340 g/mol. The van der Waals surface area contributed by atoms with Crippen LogP contribution in [0.4, 0.5) is 5.69 Å². The summed E-state index contributed by atoms with van der Waals surface area (Å²) >= 11 is 0. The molecule has 0 fully saturated rings. The number of para-hydroxylation sites is 1. The molecule has 1 N–H and O–H groups in total. The Labute approximate surface area is 148 Å². The normalized spacial score (nSPS) is 12.0. The zero-order valence-corrected chi connectivity index (χ0v) is 15.6. The molecule has 0 saturated heterocycles. The summed E-state index contributed by atoms with van der Waals surface area (Å²) in [6.45, 7) is 4.01. The van der Waals surface area contributed by atoms with Gasteiger partial charge in [0, 0.05) is 18.8 Å². The number of carbonyl (C=O) groups is 1. The van der Waals surface area contributed by atoms with Crippen LogP contribution in [0.3, 0.4) is 0 Å². The Kier molecular flexibility index (Phi) is 5.81. The second-order valence-electron chi connectivity index (χ2n) is 5.91. The van der Waals surface area contributed by atoms with Crippen LogP contribution < -0.4 is 5.32 Å². The largest absolute Gasteiger partial charge is 0.460 e. The van der Waals surface area contributed by atoms with E-state index in [1.54, 1.807) is 18.2 Å². The number of anilines is 1. The minimum absolute atomic E-state index is 0.140. The highest BCUT2D eigenvalue weighted by molar-refractivity contribution is 7.88. The summed E-state index contributed by atoms with van der Waals surface area (Å²) < 4.78 is 29.5. The highest BCUT2D eigenvalue weighted by Gasteiger charge is 2.13. The third kappa shape index (κ3) is 5.30. The highest BCUT2D eigenvalue weighted by Crippen LogP contribution is 2.19. The van der Waals surface area contributed by atoms with Gasteiger partial charge in [0.2, 0.25) is 15.9 Å². The van der Waals surface area contributed by atoms with Crippen molar-refractivity contribution < 1.29 is 17.6 Å². The molecule has 134 valence electrons. The summed E-state index contributed by atoms with van der Waals surface area (Å²) in [6.07, 6.45) is 4.07. The van der Waals surface area contributed by atoms with Gasteiger partial charge in [-0.1, -0.05) is 18.2 Å². The molecule has 2 aromatic rings. The van der Waals surface area contributed by atoms with Crippen LogP contribution in [-0.2, 0) is 21.4 Å². The zero-order chi connectivity index (χ0) is 18.6. The fourth-order valence-corrected chi connectivity index (χ4v) is 2.60. The van der Waals surface area contributed by atoms with E-state index < -0.39 is 10.0 Å². The van der Waals surface area contributed by atoms with Gasteiger partial charge in [-0.25, -0.2) is 8.42 Å². The third-order valence-corrected chi connectivity index (χ3v) is 5.02. The molecule has 6 nitrogen and oxygen atoms in total. The van der Waals surface area contributed by atoms with Crippen LogP contribution in [0, 0.1) is 13.8 Å². The van der Waals surface area contributed by atoms with Gasteiger partial charge in [0.25, 0.3) is 0 Å². The Morgan fingerprint density at radius 3 is 2.44 bits per heavy atom. The van der Waals surface area contributed by atoms with E-state index >= 15 is 0 Å². The van der Waals surface area contributed by atoms with Crippen molar-refractivity contribution >= 4 is 27.7 Å². The van der Waals surface area contributed by atoms with Crippen molar-refractivity contribution in [2.45, 2.75) is 20.4 Å². The Morgan fingerprint density at radius 1 is 1.20 bits per heavy atom. The fourth-order valence-electron chi connectivity index (χ4n) is 2.24. The summed E-state index contributed by atoms with van der Waals surface area (Å²) in [5.74, 6) is 0.722. The predicted molar refractivity (Wildman–Crippen MR) is 98.6 cm³/mol. The van der Waals surface area contributed by atoms with E-state index in [9.17, 15) is 13.2 Å². The number of benzene rings is 1. The number of hydrogen-bond acceptors (Lipinski definition) is 4. The van der Waals surface area contributed by atoms with E-state index in [4.69, 9.17) is 4.42 Å². The van der Waals surface area contributed by atoms with Crippen molar-refractivity contribution in [3.05, 3.63) is 59.1 Å². The van der Waals surface area contributed by atoms with Crippen molar-refractivity contribution in [1.82, 2.24) is 4.31 Å². The van der Waals surface area contributed by atoms with E-state index in [2.05, 4.69) is 5.32 Å². The third-order valence-electron chi connectivity index (χ3n) is 3.76. The van der Waals surface area contributed by atoms with E-state index in [0.717, 1.165) is 23.1 Å². The molecule has 1 aromatic heterocycles. The quantitative estimate of drug-likeness (QED) is 0.801. The molecule has 1 aromatic carbocycles. The number of furan rings is 1. The molecule has 0 aliphatic rings. The molecule has 0 saturated carbocycles. The highest BCUT2D eigenvalue weighted by atomic mass is 32.2. The van der Waals surface area contributed by atoms with Crippen molar-refractivity contribution in [2.24, 2.45) is 0 Å². The van der Waals surface area contributed by atoms with Crippen LogP contribution in [0.1, 0.15) is 22.6 Å². The molecule has 0 radical (unpaired) electrons. The van der Waals surface area contributed by atoms with Crippen LogP contribution in [0.5, 0.6) is 0 Å². The topological polar surface area (TPSA) is 79.6 Å². The molecule has 1 amide bonds. The van der Waals surface area contributed by atoms with Crippen molar-refractivity contribution in [1.29, 1.82) is 0 Å². The van der Waals surface area contributed by atoms with Crippen molar-refractivity contribution in [3.63, 3.8) is 0 Å². The van der Waals surface area contributed by atoms with Crippen LogP contribution >= 0.6 is 0 Å². The second-order valence-corrected chi connectivity index (χ2v) is 8.00. The Morgan fingerprint density at radius 2 is 1.84 bits per heavy atom. The first-order valence-electron chi connectivity index (χ1n) is 7.72. The molecule has 7 heteroatoms. The molecule has 0 spiro atoms. The van der Waals surface area contributed by atoms with Gasteiger partial charge in [0.15, 0.2) is 0 Å². The Balaban J connectivity index is 2.01. The molecular formula is C18H22N2O4S. The standard InChI is InChI=1S/C18H22N2O4S/c1-13-6-5-7-14(2)18(13)19-17(21)11-10-15-8-9-16(24-15)12-20(3)25(4,22)23/h5-11H,12H2,1-4H3,(H,19,21)/b11-10+. The average molecular weight is 362 g/mol. The SMILES string of the molecule is Cc1cccc(C)c1NC(=O)/C=C/c1ccc(CN(C)S(C)(=O)=O)o1. The summed E-state index contributed by atoms with van der Waals surface area (Å²) in [7, 11) is -1.79. The molecule has 1 heterocycles. The number of hydrogen-bond donors (Lipinski definition) is 1. The van der Waals surface area contributed by atoms with Crippen LogP contribution in [-0.4, -0.2) is 31.9 Å². The number of amides is 1. The first-order valence-corrected chi connectivity index (χ1v) is 9.57. The van der Waals surface area contributed by atoms with Gasteiger partial charge in [-0.3, -0.25) is 4.79 Å². The van der Waals surface area contributed by atoms with E-state index in [-0.39, 0.29) is 12.5 Å². The fraction of sp³-hybridized carbons (Fsp3) is 0.278. The number of nitrogens with one attached hydrogen (secondary N) is 1. The van der Waals surface area contributed by atoms with Gasteiger partial charge in [0.05, 0.1) is 12.8 Å². The van der Waals surface area contributed by atoms with Gasteiger partial charge in [-0.15, -0.1) is 0 Å². The molecule has 25 heavy (non-hydrogen) atoms. The average Bonchev–Trinajstić information content (AvgIpc) is 2.96. The van der Waals surface area contributed by atoms with Crippen LogP contribution in [0.25, 0.3) is 6.08 Å². The van der Waals surface area contributed by atoms with Crippen molar-refractivity contribution in [3.8, 4) is 0 Å². The minimum Gasteiger partial charge on any atom is -0.460 e. The zero-order valence-electron chi connectivity index (χ0n) is 14.7. The van der Waals surface area contributed by atoms with Gasteiger partial charge < -0.3 is 9.73 Å². The molecule has 0 bridgehead atoms. The van der Waals surface area contributed by atoms with Gasteiger partial charge in [0.1, 0.15) is 11.5 Å². The van der Waals surface area contributed by atoms with Gasteiger partial charge in [-0.2, -0.15) is 4.31 Å². The number of rotatable bonds is 6. The number of sulfonamides is 1. The maximum absolute atomic E-state index is 12.1. The number of aryl methyl sites for hydroxylation is 2. The molecule has 0 atom stereocenters. The van der Waals surface area contributed by atoms with E-state index in [1.807, 2.05) is 32.0 Å². The lowest BCUT2D eigenvalue weighted by molar-refractivity contribution is -0.111. The Bertz CT molecular complexity index is 877. The Hall–Kier alpha value is -2.38.